The zero-order chi connectivity index (χ0) is 13.6. The summed E-state index contributed by atoms with van der Waals surface area (Å²) < 4.78 is 30.5. The highest BCUT2D eigenvalue weighted by Gasteiger charge is 2.12. The van der Waals surface area contributed by atoms with Crippen LogP contribution in [0.5, 0.6) is 0 Å². The Balaban J connectivity index is 2.30. The van der Waals surface area contributed by atoms with Gasteiger partial charge in [-0.05, 0) is 12.1 Å². The first kappa shape index (κ1) is 14.7. The predicted molar refractivity (Wildman–Crippen MR) is 67.2 cm³/mol. The molecule has 0 aliphatic rings. The number of amides is 1. The van der Waals surface area contributed by atoms with E-state index in [2.05, 4.69) is 10.0 Å². The third-order valence-corrected chi connectivity index (χ3v) is 3.57. The Bertz CT molecular complexity index is 465. The average molecular weight is 274 g/mol. The fourth-order valence-corrected chi connectivity index (χ4v) is 2.06. The van der Waals surface area contributed by atoms with E-state index in [0.29, 0.717) is 5.76 Å². The minimum atomic E-state index is -3.40. The molecule has 0 spiro atoms. The van der Waals surface area contributed by atoms with Gasteiger partial charge in [0.05, 0.1) is 18.6 Å². The summed E-state index contributed by atoms with van der Waals surface area (Å²) >= 11 is 0. The smallest absolute Gasteiger partial charge is 0.222 e. The monoisotopic (exact) mass is 274 g/mol. The van der Waals surface area contributed by atoms with E-state index in [4.69, 9.17) is 4.42 Å². The first-order chi connectivity index (χ1) is 8.41. The number of hydrogen-bond donors (Lipinski definition) is 2. The zero-order valence-electron chi connectivity index (χ0n) is 10.5. The maximum atomic E-state index is 11.6. The Morgan fingerprint density at radius 3 is 2.72 bits per heavy atom. The fourth-order valence-electron chi connectivity index (χ4n) is 1.18. The van der Waals surface area contributed by atoms with Crippen LogP contribution in [0.25, 0.3) is 0 Å². The summed E-state index contributed by atoms with van der Waals surface area (Å²) in [6.45, 7) is 3.72. The molecule has 0 aliphatic carbocycles. The van der Waals surface area contributed by atoms with Crippen LogP contribution in [0.2, 0.25) is 0 Å². The minimum absolute atomic E-state index is 0.102. The van der Waals surface area contributed by atoms with Crippen molar-refractivity contribution >= 4 is 15.9 Å². The van der Waals surface area contributed by atoms with Crippen LogP contribution in [0, 0.1) is 5.92 Å². The Labute approximate surface area is 107 Å². The molecule has 0 aromatic carbocycles. The zero-order valence-corrected chi connectivity index (χ0v) is 11.3. The molecule has 0 saturated heterocycles. The number of rotatable bonds is 7. The third-order valence-electron chi connectivity index (χ3n) is 2.24. The summed E-state index contributed by atoms with van der Waals surface area (Å²) in [5.74, 6) is 0.0939. The highest BCUT2D eigenvalue weighted by Crippen LogP contribution is 1.99. The number of carbonyl (C=O) groups excluding carboxylic acids is 1. The molecule has 0 fully saturated rings. The van der Waals surface area contributed by atoms with Crippen molar-refractivity contribution in [2.75, 3.05) is 12.3 Å². The number of nitrogens with one attached hydrogen (secondary N) is 2. The van der Waals surface area contributed by atoms with Crippen LogP contribution in [-0.4, -0.2) is 26.6 Å². The lowest BCUT2D eigenvalue weighted by atomic mass is 10.2. The van der Waals surface area contributed by atoms with E-state index in [9.17, 15) is 13.2 Å². The van der Waals surface area contributed by atoms with E-state index < -0.39 is 10.0 Å². The first-order valence-electron chi connectivity index (χ1n) is 5.68. The van der Waals surface area contributed by atoms with Crippen LogP contribution in [0.1, 0.15) is 19.6 Å². The van der Waals surface area contributed by atoms with Crippen LogP contribution < -0.4 is 10.0 Å². The maximum absolute atomic E-state index is 11.6. The van der Waals surface area contributed by atoms with Gasteiger partial charge in [0, 0.05) is 12.5 Å². The molecular weight excluding hydrogens is 256 g/mol. The van der Waals surface area contributed by atoms with Gasteiger partial charge in [0.25, 0.3) is 0 Å². The van der Waals surface area contributed by atoms with Crippen LogP contribution in [0.3, 0.4) is 0 Å². The average Bonchev–Trinajstić information content (AvgIpc) is 2.79. The van der Waals surface area contributed by atoms with Crippen molar-refractivity contribution in [2.45, 2.75) is 20.4 Å². The van der Waals surface area contributed by atoms with Gasteiger partial charge in [-0.15, -0.1) is 0 Å². The number of hydrogen-bond acceptors (Lipinski definition) is 4. The standard InChI is InChI=1S/C11H18N2O4S/c1-9(2)11(14)12-5-7-18(15,16)13-8-10-4-3-6-17-10/h3-4,6,9,13H,5,7-8H2,1-2H3,(H,12,14). The molecular formula is C11H18N2O4S. The van der Waals surface area contributed by atoms with Gasteiger partial charge < -0.3 is 9.73 Å². The van der Waals surface area contributed by atoms with E-state index >= 15 is 0 Å². The first-order valence-corrected chi connectivity index (χ1v) is 7.33. The highest BCUT2D eigenvalue weighted by atomic mass is 32.2. The number of carbonyl (C=O) groups is 1. The second-order valence-electron chi connectivity index (χ2n) is 4.17. The van der Waals surface area contributed by atoms with Gasteiger partial charge in [0.1, 0.15) is 5.76 Å². The fraction of sp³-hybridized carbons (Fsp3) is 0.545. The Kier molecular flexibility index (Phi) is 5.36. The van der Waals surface area contributed by atoms with E-state index in [1.165, 1.54) is 6.26 Å². The van der Waals surface area contributed by atoms with Crippen molar-refractivity contribution in [3.8, 4) is 0 Å². The van der Waals surface area contributed by atoms with Gasteiger partial charge in [-0.3, -0.25) is 4.79 Å². The van der Waals surface area contributed by atoms with Crippen molar-refractivity contribution in [3.05, 3.63) is 24.2 Å². The number of furan rings is 1. The Morgan fingerprint density at radius 1 is 1.44 bits per heavy atom. The van der Waals surface area contributed by atoms with E-state index in [-0.39, 0.29) is 30.7 Å². The van der Waals surface area contributed by atoms with Gasteiger partial charge in [-0.25, -0.2) is 13.1 Å². The third kappa shape index (κ3) is 5.33. The summed E-state index contributed by atoms with van der Waals surface area (Å²) in [6, 6.07) is 3.37. The molecule has 0 atom stereocenters. The van der Waals surface area contributed by atoms with Crippen molar-refractivity contribution < 1.29 is 17.6 Å². The molecule has 102 valence electrons. The summed E-state index contributed by atoms with van der Waals surface area (Å²) in [5.41, 5.74) is 0. The van der Waals surface area contributed by atoms with Gasteiger partial charge in [-0.2, -0.15) is 0 Å². The Morgan fingerprint density at radius 2 is 2.17 bits per heavy atom. The van der Waals surface area contributed by atoms with Crippen LogP contribution in [-0.2, 0) is 21.4 Å². The summed E-state index contributed by atoms with van der Waals surface area (Å²) in [6.07, 6.45) is 1.48. The second kappa shape index (κ2) is 6.55. The second-order valence-corrected chi connectivity index (χ2v) is 6.09. The van der Waals surface area contributed by atoms with Crippen molar-refractivity contribution in [3.63, 3.8) is 0 Å². The van der Waals surface area contributed by atoms with Gasteiger partial charge >= 0.3 is 0 Å². The maximum Gasteiger partial charge on any atom is 0.222 e. The van der Waals surface area contributed by atoms with E-state index in [1.807, 2.05) is 0 Å². The van der Waals surface area contributed by atoms with E-state index in [0.717, 1.165) is 0 Å². The van der Waals surface area contributed by atoms with Gasteiger partial charge in [-0.1, -0.05) is 13.8 Å². The van der Waals surface area contributed by atoms with Crippen molar-refractivity contribution in [1.29, 1.82) is 0 Å². The quantitative estimate of drug-likeness (QED) is 0.756. The molecule has 6 nitrogen and oxygen atoms in total. The molecule has 0 saturated carbocycles. The molecule has 1 rings (SSSR count). The molecule has 18 heavy (non-hydrogen) atoms. The minimum Gasteiger partial charge on any atom is -0.468 e. The molecule has 0 unspecified atom stereocenters. The molecule has 1 heterocycles. The van der Waals surface area contributed by atoms with Crippen LogP contribution >= 0.6 is 0 Å². The largest absolute Gasteiger partial charge is 0.468 e. The van der Waals surface area contributed by atoms with Crippen molar-refractivity contribution in [1.82, 2.24) is 10.0 Å². The molecule has 0 aliphatic heterocycles. The number of sulfonamides is 1. The molecule has 1 amide bonds. The van der Waals surface area contributed by atoms with Crippen LogP contribution in [0.15, 0.2) is 22.8 Å². The van der Waals surface area contributed by atoms with Crippen molar-refractivity contribution in [2.24, 2.45) is 5.92 Å². The predicted octanol–water partition coefficient (Wildman–Crippen LogP) is 0.471. The Hall–Kier alpha value is -1.34. The van der Waals surface area contributed by atoms with Crippen LogP contribution in [0.4, 0.5) is 0 Å². The molecule has 7 heteroatoms. The molecule has 1 aromatic rings. The van der Waals surface area contributed by atoms with E-state index in [1.54, 1.807) is 26.0 Å². The topological polar surface area (TPSA) is 88.4 Å². The summed E-state index contributed by atoms with van der Waals surface area (Å²) in [7, 11) is -3.40. The molecule has 1 aromatic heterocycles. The van der Waals surface area contributed by atoms with Gasteiger partial charge in [0.2, 0.25) is 15.9 Å². The normalized spacial score (nSPS) is 11.7. The highest BCUT2D eigenvalue weighted by molar-refractivity contribution is 7.89. The molecule has 0 bridgehead atoms. The molecule has 0 radical (unpaired) electrons. The molecule has 2 N–H and O–H groups in total. The SMILES string of the molecule is CC(C)C(=O)NCCS(=O)(=O)NCc1ccco1. The summed E-state index contributed by atoms with van der Waals surface area (Å²) in [5, 5.41) is 2.55. The lowest BCUT2D eigenvalue weighted by Gasteiger charge is -2.08. The summed E-state index contributed by atoms with van der Waals surface area (Å²) in [4.78, 5) is 11.2. The lowest BCUT2D eigenvalue weighted by Crippen LogP contribution is -2.35. The van der Waals surface area contributed by atoms with Gasteiger partial charge in [0.15, 0.2) is 0 Å². The lowest BCUT2D eigenvalue weighted by molar-refractivity contribution is -0.123.